The van der Waals surface area contributed by atoms with Crippen LogP contribution in [-0.4, -0.2) is 29.1 Å². The van der Waals surface area contributed by atoms with Crippen molar-refractivity contribution >= 4 is 5.97 Å². The minimum absolute atomic E-state index is 0.0285. The highest BCUT2D eigenvalue weighted by Crippen LogP contribution is 2.24. The van der Waals surface area contributed by atoms with E-state index in [1.807, 2.05) is 20.8 Å². The van der Waals surface area contributed by atoms with Crippen LogP contribution < -0.4 is 4.74 Å². The normalized spacial score (nSPS) is 11.7. The topological polar surface area (TPSA) is 59.4 Å². The summed E-state index contributed by atoms with van der Waals surface area (Å²) < 4.78 is 28.9. The molecule has 1 aromatic rings. The van der Waals surface area contributed by atoms with Crippen molar-refractivity contribution in [2.45, 2.75) is 32.6 Å². The first-order valence-corrected chi connectivity index (χ1v) is 5.37. The first-order chi connectivity index (χ1) is 8.20. The van der Waals surface area contributed by atoms with Crippen molar-refractivity contribution in [3.05, 3.63) is 23.4 Å². The second kappa shape index (κ2) is 5.29. The molecule has 0 aliphatic heterocycles. The monoisotopic (exact) mass is 259 g/mol. The van der Waals surface area contributed by atoms with Crippen molar-refractivity contribution in [3.8, 4) is 5.88 Å². The highest BCUT2D eigenvalue weighted by molar-refractivity contribution is 5.88. The fraction of sp³-hybridized carbons (Fsp3) is 0.500. The molecule has 1 N–H and O–H groups in total. The highest BCUT2D eigenvalue weighted by Gasteiger charge is 2.20. The van der Waals surface area contributed by atoms with Gasteiger partial charge in [-0.25, -0.2) is 18.6 Å². The van der Waals surface area contributed by atoms with Gasteiger partial charge < -0.3 is 9.84 Å². The summed E-state index contributed by atoms with van der Waals surface area (Å²) in [6, 6.07) is 2.55. The Kier molecular flexibility index (Phi) is 4.21. The molecule has 0 spiro atoms. The van der Waals surface area contributed by atoms with Crippen LogP contribution in [0.4, 0.5) is 8.78 Å². The van der Waals surface area contributed by atoms with E-state index >= 15 is 0 Å². The van der Waals surface area contributed by atoms with Crippen LogP contribution >= 0.6 is 0 Å². The van der Waals surface area contributed by atoms with E-state index in [0.29, 0.717) is 5.69 Å². The lowest BCUT2D eigenvalue weighted by molar-refractivity contribution is 0.0693. The molecule has 0 fully saturated rings. The predicted molar refractivity (Wildman–Crippen MR) is 61.4 cm³/mol. The largest absolute Gasteiger partial charge is 0.478 e. The fourth-order valence-corrected chi connectivity index (χ4v) is 1.24. The number of aromatic carboxylic acids is 1. The number of halogens is 2. The Hall–Kier alpha value is -1.72. The average Bonchev–Trinajstić information content (AvgIpc) is 2.24. The molecule has 0 bridgehead atoms. The second-order valence-corrected chi connectivity index (χ2v) is 4.84. The van der Waals surface area contributed by atoms with Crippen LogP contribution in [-0.2, 0) is 5.41 Å². The molecule has 0 radical (unpaired) electrons. The molecule has 0 aromatic carbocycles. The molecule has 0 saturated carbocycles. The third kappa shape index (κ3) is 3.94. The van der Waals surface area contributed by atoms with Crippen LogP contribution in [0, 0.1) is 0 Å². The third-order valence-electron chi connectivity index (χ3n) is 2.17. The number of hydrogen-bond acceptors (Lipinski definition) is 3. The van der Waals surface area contributed by atoms with Gasteiger partial charge in [-0.3, -0.25) is 0 Å². The molecular weight excluding hydrogens is 244 g/mol. The zero-order chi connectivity index (χ0) is 13.9. The molecule has 0 atom stereocenters. The van der Waals surface area contributed by atoms with Crippen LogP contribution in [0.5, 0.6) is 5.88 Å². The van der Waals surface area contributed by atoms with E-state index in [2.05, 4.69) is 4.98 Å². The summed E-state index contributed by atoms with van der Waals surface area (Å²) in [5.41, 5.74) is 0.0554. The minimum atomic E-state index is -2.63. The van der Waals surface area contributed by atoms with E-state index in [1.54, 1.807) is 0 Å². The van der Waals surface area contributed by atoms with Gasteiger partial charge in [-0.15, -0.1) is 0 Å². The number of hydrogen-bond donors (Lipinski definition) is 1. The number of alkyl halides is 2. The highest BCUT2D eigenvalue weighted by atomic mass is 19.3. The molecule has 100 valence electrons. The van der Waals surface area contributed by atoms with Crippen molar-refractivity contribution in [1.82, 2.24) is 4.98 Å². The molecule has 1 rings (SSSR count). The van der Waals surface area contributed by atoms with Gasteiger partial charge in [0.2, 0.25) is 5.88 Å². The van der Waals surface area contributed by atoms with Gasteiger partial charge >= 0.3 is 5.97 Å². The summed E-state index contributed by atoms with van der Waals surface area (Å²) in [6.07, 6.45) is -2.63. The lowest BCUT2D eigenvalue weighted by Gasteiger charge is -2.19. The van der Waals surface area contributed by atoms with Gasteiger partial charge in [0.1, 0.15) is 0 Å². The maximum atomic E-state index is 12.0. The minimum Gasteiger partial charge on any atom is -0.478 e. The number of carboxylic acid groups (broad SMARTS) is 1. The smallest absolute Gasteiger partial charge is 0.335 e. The van der Waals surface area contributed by atoms with Gasteiger partial charge in [-0.2, -0.15) is 0 Å². The molecule has 1 aromatic heterocycles. The van der Waals surface area contributed by atoms with Gasteiger partial charge in [0, 0.05) is 11.5 Å². The van der Waals surface area contributed by atoms with Crippen molar-refractivity contribution in [2.24, 2.45) is 0 Å². The molecular formula is C12H15F2NO3. The first kappa shape index (κ1) is 14.3. The number of rotatable bonds is 4. The van der Waals surface area contributed by atoms with Crippen LogP contribution in [0.2, 0.25) is 0 Å². The molecule has 0 aliphatic carbocycles. The average molecular weight is 259 g/mol. The van der Waals surface area contributed by atoms with Crippen molar-refractivity contribution in [2.75, 3.05) is 6.61 Å². The molecule has 1 heterocycles. The molecule has 0 aliphatic rings. The molecule has 6 heteroatoms. The van der Waals surface area contributed by atoms with Crippen molar-refractivity contribution in [1.29, 1.82) is 0 Å². The van der Waals surface area contributed by atoms with E-state index in [-0.39, 0.29) is 11.4 Å². The van der Waals surface area contributed by atoms with E-state index in [4.69, 9.17) is 9.84 Å². The number of pyridine rings is 1. The maximum absolute atomic E-state index is 12.0. The van der Waals surface area contributed by atoms with E-state index in [1.165, 1.54) is 6.07 Å². The summed E-state index contributed by atoms with van der Waals surface area (Å²) in [5.74, 6) is -1.25. The second-order valence-electron chi connectivity index (χ2n) is 4.84. The Morgan fingerprint density at radius 2 is 2.06 bits per heavy atom. The molecule has 18 heavy (non-hydrogen) atoms. The van der Waals surface area contributed by atoms with Gasteiger partial charge in [-0.1, -0.05) is 20.8 Å². The summed E-state index contributed by atoms with van der Waals surface area (Å²) in [6.45, 7) is 4.73. The Labute approximate surface area is 104 Å². The Bertz CT molecular complexity index is 441. The number of nitrogens with zero attached hydrogens (tertiary/aromatic N) is 1. The molecule has 0 saturated heterocycles. The zero-order valence-corrected chi connectivity index (χ0v) is 10.4. The summed E-state index contributed by atoms with van der Waals surface area (Å²) in [7, 11) is 0. The van der Waals surface area contributed by atoms with E-state index < -0.39 is 24.4 Å². The van der Waals surface area contributed by atoms with Crippen LogP contribution in [0.1, 0.15) is 36.8 Å². The molecule has 0 amide bonds. The Balaban J connectivity index is 3.10. The summed E-state index contributed by atoms with van der Waals surface area (Å²) in [5, 5.41) is 8.95. The predicted octanol–water partition coefficient (Wildman–Crippen LogP) is 2.72. The summed E-state index contributed by atoms with van der Waals surface area (Å²) in [4.78, 5) is 15.0. The lowest BCUT2D eigenvalue weighted by atomic mass is 9.91. The van der Waals surface area contributed by atoms with Crippen molar-refractivity contribution in [3.63, 3.8) is 0 Å². The van der Waals surface area contributed by atoms with E-state index in [9.17, 15) is 13.6 Å². The molecule has 4 nitrogen and oxygen atoms in total. The zero-order valence-electron chi connectivity index (χ0n) is 10.4. The number of aromatic nitrogens is 1. The Morgan fingerprint density at radius 1 is 1.44 bits per heavy atom. The third-order valence-corrected chi connectivity index (χ3v) is 2.17. The SMILES string of the molecule is CC(C)(C)c1cc(C(=O)O)cc(OCC(F)F)n1. The van der Waals surface area contributed by atoms with Gasteiger partial charge in [0.25, 0.3) is 6.43 Å². The quantitative estimate of drug-likeness (QED) is 0.903. The van der Waals surface area contributed by atoms with Crippen LogP contribution in [0.3, 0.4) is 0 Å². The van der Waals surface area contributed by atoms with Crippen LogP contribution in [0.15, 0.2) is 12.1 Å². The fourth-order valence-electron chi connectivity index (χ4n) is 1.24. The van der Waals surface area contributed by atoms with Gasteiger partial charge in [-0.05, 0) is 6.07 Å². The van der Waals surface area contributed by atoms with Crippen LogP contribution in [0.25, 0.3) is 0 Å². The molecule has 0 unspecified atom stereocenters. The van der Waals surface area contributed by atoms with Gasteiger partial charge in [0.05, 0.1) is 11.3 Å². The summed E-state index contributed by atoms with van der Waals surface area (Å²) >= 11 is 0. The standard InChI is InChI=1S/C12H15F2NO3/c1-12(2,3)8-4-7(11(16)17)5-10(15-8)18-6-9(13)14/h4-5,9H,6H2,1-3H3,(H,16,17). The van der Waals surface area contributed by atoms with Crippen molar-refractivity contribution < 1.29 is 23.4 Å². The first-order valence-electron chi connectivity index (χ1n) is 5.37. The number of carbonyl (C=O) groups is 1. The Morgan fingerprint density at radius 3 is 2.50 bits per heavy atom. The number of carboxylic acids is 1. The van der Waals surface area contributed by atoms with E-state index in [0.717, 1.165) is 6.07 Å². The maximum Gasteiger partial charge on any atom is 0.335 e. The lowest BCUT2D eigenvalue weighted by Crippen LogP contribution is -2.17. The number of ether oxygens (including phenoxy) is 1. The van der Waals surface area contributed by atoms with Gasteiger partial charge in [0.15, 0.2) is 6.61 Å².